The van der Waals surface area contributed by atoms with Crippen LogP contribution in [0.1, 0.15) is 43.2 Å². The maximum Gasteiger partial charge on any atom is 0.303 e. The minimum absolute atomic E-state index is 0.0142. The number of carbonyl (C=O) groups excluding carboxylic acids is 1. The molecule has 1 aromatic rings. The van der Waals surface area contributed by atoms with Crippen molar-refractivity contribution in [2.75, 3.05) is 25.2 Å². The van der Waals surface area contributed by atoms with Crippen LogP contribution in [-0.2, 0) is 27.4 Å². The van der Waals surface area contributed by atoms with Crippen LogP contribution in [0, 0.1) is 0 Å². The molecule has 0 saturated carbocycles. The molecular weight excluding hydrogens is 402 g/mol. The van der Waals surface area contributed by atoms with Gasteiger partial charge in [-0.2, -0.15) is 11.8 Å². The Morgan fingerprint density at radius 2 is 2.17 bits per heavy atom. The van der Waals surface area contributed by atoms with Crippen LogP contribution in [0.5, 0.6) is 0 Å². The van der Waals surface area contributed by atoms with E-state index in [4.69, 9.17) is 9.84 Å². The van der Waals surface area contributed by atoms with Crippen molar-refractivity contribution in [1.29, 1.82) is 0 Å². The van der Waals surface area contributed by atoms with E-state index in [1.165, 1.54) is 0 Å². The smallest absolute Gasteiger partial charge is 0.303 e. The number of hydrogen-bond acceptors (Lipinski definition) is 5. The second kappa shape index (κ2) is 13.5. The number of carboxylic acid groups (broad SMARTS) is 1. The Balaban J connectivity index is 1.83. The minimum Gasteiger partial charge on any atom is -0.481 e. The van der Waals surface area contributed by atoms with Crippen LogP contribution >= 0.6 is 11.8 Å². The number of aliphatic carboxylic acids is 1. The fourth-order valence-corrected chi connectivity index (χ4v) is 4.49. The summed E-state index contributed by atoms with van der Waals surface area (Å²) in [5, 5.41) is 19.1. The van der Waals surface area contributed by atoms with E-state index in [9.17, 15) is 14.7 Å². The predicted octanol–water partition coefficient (Wildman–Crippen LogP) is 3.27. The van der Waals surface area contributed by atoms with Crippen LogP contribution in [-0.4, -0.2) is 64.3 Å². The summed E-state index contributed by atoms with van der Waals surface area (Å²) in [6.07, 6.45) is 6.87. The molecule has 6 nitrogen and oxygen atoms in total. The summed E-state index contributed by atoms with van der Waals surface area (Å²) in [5.41, 5.74) is 2.13. The molecule has 2 atom stereocenters. The summed E-state index contributed by atoms with van der Waals surface area (Å²) in [6.45, 7) is 1.20. The molecule has 1 aliphatic rings. The van der Waals surface area contributed by atoms with Crippen molar-refractivity contribution in [2.45, 2.75) is 57.3 Å². The van der Waals surface area contributed by atoms with Gasteiger partial charge in [0, 0.05) is 38.7 Å². The number of likely N-dealkylation sites (tertiary alicyclic amines) is 1. The Morgan fingerprint density at radius 3 is 2.93 bits per heavy atom. The van der Waals surface area contributed by atoms with Gasteiger partial charge in [0.05, 0.1) is 18.8 Å². The highest BCUT2D eigenvalue weighted by atomic mass is 32.2. The van der Waals surface area contributed by atoms with E-state index >= 15 is 0 Å². The van der Waals surface area contributed by atoms with Crippen molar-refractivity contribution in [3.8, 4) is 0 Å². The molecule has 0 aromatic heterocycles. The summed E-state index contributed by atoms with van der Waals surface area (Å²) in [6, 6.07) is 8.02. The van der Waals surface area contributed by atoms with Gasteiger partial charge in [-0.3, -0.25) is 9.59 Å². The molecular formula is C23H33NO5S. The number of ether oxygens (including phenoxy) is 1. The molecule has 7 heteroatoms. The van der Waals surface area contributed by atoms with Crippen LogP contribution in [0.15, 0.2) is 36.4 Å². The molecule has 1 fully saturated rings. The number of aliphatic hydroxyl groups excluding tert-OH is 1. The second-order valence-corrected chi connectivity index (χ2v) is 8.79. The lowest BCUT2D eigenvalue weighted by atomic mass is 9.99. The zero-order chi connectivity index (χ0) is 21.8. The average molecular weight is 436 g/mol. The van der Waals surface area contributed by atoms with Crippen LogP contribution in [0.25, 0.3) is 0 Å². The van der Waals surface area contributed by atoms with Gasteiger partial charge in [0.1, 0.15) is 0 Å². The van der Waals surface area contributed by atoms with Gasteiger partial charge in [-0.05, 0) is 36.1 Å². The monoisotopic (exact) mass is 435 g/mol. The highest BCUT2D eigenvalue weighted by Gasteiger charge is 2.25. The molecule has 2 rings (SSSR count). The maximum atomic E-state index is 12.4. The first-order valence-electron chi connectivity index (χ1n) is 10.5. The van der Waals surface area contributed by atoms with Crippen molar-refractivity contribution in [1.82, 2.24) is 4.90 Å². The zero-order valence-corrected chi connectivity index (χ0v) is 18.5. The molecule has 2 N–H and O–H groups in total. The Labute approximate surface area is 183 Å². The molecule has 1 heterocycles. The van der Waals surface area contributed by atoms with Gasteiger partial charge in [-0.25, -0.2) is 0 Å². The number of carbonyl (C=O) groups is 2. The molecule has 1 aliphatic heterocycles. The average Bonchev–Trinajstić information content (AvgIpc) is 2.70. The minimum atomic E-state index is -0.768. The Kier molecular flexibility index (Phi) is 11.0. The number of benzene rings is 1. The lowest BCUT2D eigenvalue weighted by Crippen LogP contribution is -2.43. The molecule has 0 spiro atoms. The van der Waals surface area contributed by atoms with Gasteiger partial charge in [0.2, 0.25) is 5.91 Å². The first kappa shape index (κ1) is 24.4. The normalized spacial score (nSPS) is 18.1. The van der Waals surface area contributed by atoms with Crippen LogP contribution < -0.4 is 0 Å². The number of thioether (sulfide) groups is 1. The summed E-state index contributed by atoms with van der Waals surface area (Å²) < 4.78 is 5.16. The van der Waals surface area contributed by atoms with Gasteiger partial charge in [0.15, 0.2) is 0 Å². The number of hydrogen-bond donors (Lipinski definition) is 2. The molecule has 1 aromatic carbocycles. The zero-order valence-electron chi connectivity index (χ0n) is 17.7. The predicted molar refractivity (Wildman–Crippen MR) is 120 cm³/mol. The molecule has 1 amide bonds. The maximum absolute atomic E-state index is 12.4. The molecule has 0 radical (unpaired) electrons. The van der Waals surface area contributed by atoms with Crippen LogP contribution in [0.2, 0.25) is 0 Å². The number of amides is 1. The summed E-state index contributed by atoms with van der Waals surface area (Å²) in [7, 11) is 1.66. The van der Waals surface area contributed by atoms with Crippen LogP contribution in [0.3, 0.4) is 0 Å². The van der Waals surface area contributed by atoms with E-state index < -0.39 is 12.1 Å². The van der Waals surface area contributed by atoms with Gasteiger partial charge >= 0.3 is 5.97 Å². The van der Waals surface area contributed by atoms with Crippen molar-refractivity contribution in [2.24, 2.45) is 0 Å². The molecule has 0 unspecified atom stereocenters. The standard InChI is InChI=1S/C23H33NO5S/c1-29-17-19-6-2-5-18(15-19)16-21(25)11-10-20-7-3-8-22(26)24(20)12-14-30-13-4-9-23(27)28/h2,5-6,10-11,15,20-21,25H,3-4,7-9,12-14,16-17H2,1H3,(H,27,28)/t20-,21-/m1/s1. The SMILES string of the molecule is COCc1cccc(C[C@H](O)C=C[C@H]2CCCC(=O)N2CCSCCCC(=O)O)c1. The third-order valence-electron chi connectivity index (χ3n) is 5.07. The second-order valence-electron chi connectivity index (χ2n) is 7.57. The van der Waals surface area contributed by atoms with E-state index in [1.807, 2.05) is 35.2 Å². The summed E-state index contributed by atoms with van der Waals surface area (Å²) in [5.74, 6) is 0.972. The quantitative estimate of drug-likeness (QED) is 0.365. The lowest BCUT2D eigenvalue weighted by Gasteiger charge is -2.34. The summed E-state index contributed by atoms with van der Waals surface area (Å²) >= 11 is 1.68. The van der Waals surface area contributed by atoms with E-state index in [2.05, 4.69) is 0 Å². The van der Waals surface area contributed by atoms with Crippen molar-refractivity contribution in [3.63, 3.8) is 0 Å². The molecule has 1 saturated heterocycles. The van der Waals surface area contributed by atoms with Crippen LogP contribution in [0.4, 0.5) is 0 Å². The highest BCUT2D eigenvalue weighted by molar-refractivity contribution is 7.99. The fourth-order valence-electron chi connectivity index (χ4n) is 3.61. The third-order valence-corrected chi connectivity index (χ3v) is 6.12. The Hall–Kier alpha value is -1.83. The van der Waals surface area contributed by atoms with Crippen molar-refractivity contribution in [3.05, 3.63) is 47.5 Å². The van der Waals surface area contributed by atoms with E-state index in [0.29, 0.717) is 32.4 Å². The molecule has 166 valence electrons. The van der Waals surface area contributed by atoms with E-state index in [1.54, 1.807) is 24.9 Å². The lowest BCUT2D eigenvalue weighted by molar-refractivity contribution is -0.137. The number of methoxy groups -OCH3 is 1. The third kappa shape index (κ3) is 8.90. The first-order valence-corrected chi connectivity index (χ1v) is 11.7. The van der Waals surface area contributed by atoms with Gasteiger partial charge in [-0.1, -0.05) is 36.4 Å². The summed E-state index contributed by atoms with van der Waals surface area (Å²) in [4.78, 5) is 24.8. The largest absolute Gasteiger partial charge is 0.481 e. The Morgan fingerprint density at radius 1 is 1.37 bits per heavy atom. The Bertz CT molecular complexity index is 709. The fraction of sp³-hybridized carbons (Fsp3) is 0.565. The number of aliphatic hydroxyl groups is 1. The molecule has 0 aliphatic carbocycles. The number of carboxylic acids is 1. The van der Waals surface area contributed by atoms with Crippen molar-refractivity contribution >= 4 is 23.6 Å². The topological polar surface area (TPSA) is 87.1 Å². The van der Waals surface area contributed by atoms with E-state index in [-0.39, 0.29) is 18.4 Å². The molecule has 30 heavy (non-hydrogen) atoms. The van der Waals surface area contributed by atoms with E-state index in [0.717, 1.165) is 35.5 Å². The van der Waals surface area contributed by atoms with Crippen molar-refractivity contribution < 1.29 is 24.5 Å². The molecule has 0 bridgehead atoms. The first-order chi connectivity index (χ1) is 14.5. The number of rotatable bonds is 13. The van der Waals surface area contributed by atoms with Gasteiger partial charge < -0.3 is 19.8 Å². The highest BCUT2D eigenvalue weighted by Crippen LogP contribution is 2.21. The number of piperidine rings is 1. The number of nitrogens with zero attached hydrogens (tertiary/aromatic N) is 1. The van der Waals surface area contributed by atoms with Gasteiger partial charge in [-0.15, -0.1) is 0 Å². The van der Waals surface area contributed by atoms with Gasteiger partial charge in [0.25, 0.3) is 0 Å².